The van der Waals surface area contributed by atoms with Crippen LogP contribution in [0.3, 0.4) is 0 Å². The number of amides is 1. The SMILES string of the molecule is Cc1cccc(N(C)S(=O)(=O)c2cccc(C(=O)N[C@@H](C)c3ccc(F)cc3)c2)c1. The molecule has 0 aliphatic rings. The van der Waals surface area contributed by atoms with E-state index in [0.717, 1.165) is 11.1 Å². The van der Waals surface area contributed by atoms with Crippen LogP contribution in [0.5, 0.6) is 0 Å². The van der Waals surface area contributed by atoms with E-state index in [0.29, 0.717) is 5.69 Å². The maximum Gasteiger partial charge on any atom is 0.264 e. The van der Waals surface area contributed by atoms with Gasteiger partial charge in [-0.05, 0) is 67.4 Å². The van der Waals surface area contributed by atoms with Crippen LogP contribution in [0.15, 0.2) is 77.7 Å². The average molecular weight is 427 g/mol. The molecule has 30 heavy (non-hydrogen) atoms. The van der Waals surface area contributed by atoms with Crippen LogP contribution >= 0.6 is 0 Å². The van der Waals surface area contributed by atoms with Gasteiger partial charge >= 0.3 is 0 Å². The molecule has 7 heteroatoms. The Bertz CT molecular complexity index is 1160. The summed E-state index contributed by atoms with van der Waals surface area (Å²) in [6, 6.07) is 18.5. The molecule has 3 aromatic rings. The van der Waals surface area contributed by atoms with E-state index in [-0.39, 0.29) is 22.3 Å². The first-order chi connectivity index (χ1) is 14.2. The van der Waals surface area contributed by atoms with Gasteiger partial charge in [-0.2, -0.15) is 0 Å². The van der Waals surface area contributed by atoms with Gasteiger partial charge in [0.15, 0.2) is 0 Å². The van der Waals surface area contributed by atoms with Crippen LogP contribution in [-0.4, -0.2) is 21.4 Å². The van der Waals surface area contributed by atoms with Crippen molar-refractivity contribution >= 4 is 21.6 Å². The normalized spacial score (nSPS) is 12.3. The van der Waals surface area contributed by atoms with Crippen LogP contribution in [0, 0.1) is 12.7 Å². The number of halogens is 1. The molecule has 0 bridgehead atoms. The molecule has 0 saturated carbocycles. The number of hydrogen-bond donors (Lipinski definition) is 1. The first-order valence-corrected chi connectivity index (χ1v) is 10.8. The van der Waals surface area contributed by atoms with Gasteiger partial charge < -0.3 is 5.32 Å². The number of carbonyl (C=O) groups is 1. The highest BCUT2D eigenvalue weighted by atomic mass is 32.2. The van der Waals surface area contributed by atoms with E-state index >= 15 is 0 Å². The van der Waals surface area contributed by atoms with Crippen molar-refractivity contribution in [2.75, 3.05) is 11.4 Å². The lowest BCUT2D eigenvalue weighted by Crippen LogP contribution is -2.28. The molecular formula is C23H23FN2O3S. The Kier molecular flexibility index (Phi) is 6.22. The summed E-state index contributed by atoms with van der Waals surface area (Å²) in [5, 5.41) is 2.81. The molecule has 5 nitrogen and oxygen atoms in total. The smallest absolute Gasteiger partial charge is 0.264 e. The van der Waals surface area contributed by atoms with Crippen LogP contribution in [-0.2, 0) is 10.0 Å². The molecule has 0 unspecified atom stereocenters. The second-order valence-electron chi connectivity index (χ2n) is 7.09. The minimum absolute atomic E-state index is 0.0218. The van der Waals surface area contributed by atoms with Crippen molar-refractivity contribution in [1.29, 1.82) is 0 Å². The Hall–Kier alpha value is -3.19. The molecule has 3 rings (SSSR count). The quantitative estimate of drug-likeness (QED) is 0.633. The third-order valence-electron chi connectivity index (χ3n) is 4.84. The van der Waals surface area contributed by atoms with E-state index in [1.807, 2.05) is 13.0 Å². The molecule has 0 aliphatic carbocycles. The van der Waals surface area contributed by atoms with E-state index in [9.17, 15) is 17.6 Å². The molecule has 1 N–H and O–H groups in total. The van der Waals surface area contributed by atoms with Crippen molar-refractivity contribution in [2.24, 2.45) is 0 Å². The van der Waals surface area contributed by atoms with Crippen LogP contribution in [0.2, 0.25) is 0 Å². The first kappa shape index (κ1) is 21.5. The maximum absolute atomic E-state index is 13.1. The summed E-state index contributed by atoms with van der Waals surface area (Å²) in [4.78, 5) is 12.7. The summed E-state index contributed by atoms with van der Waals surface area (Å²) >= 11 is 0. The van der Waals surface area contributed by atoms with Crippen LogP contribution in [0.25, 0.3) is 0 Å². The summed E-state index contributed by atoms with van der Waals surface area (Å²) in [7, 11) is -2.36. The lowest BCUT2D eigenvalue weighted by atomic mass is 10.1. The predicted molar refractivity (Wildman–Crippen MR) is 115 cm³/mol. The van der Waals surface area contributed by atoms with Gasteiger partial charge in [0, 0.05) is 12.6 Å². The van der Waals surface area contributed by atoms with E-state index in [4.69, 9.17) is 0 Å². The first-order valence-electron chi connectivity index (χ1n) is 9.40. The number of nitrogens with one attached hydrogen (secondary N) is 1. The van der Waals surface area contributed by atoms with Crippen molar-refractivity contribution < 1.29 is 17.6 Å². The minimum atomic E-state index is -3.84. The van der Waals surface area contributed by atoms with Crippen molar-refractivity contribution in [1.82, 2.24) is 5.32 Å². The number of hydrogen-bond acceptors (Lipinski definition) is 3. The Morgan fingerprint density at radius 3 is 2.33 bits per heavy atom. The van der Waals surface area contributed by atoms with Crippen LogP contribution in [0.4, 0.5) is 10.1 Å². The van der Waals surface area contributed by atoms with Gasteiger partial charge in [-0.25, -0.2) is 12.8 Å². The number of carbonyl (C=O) groups excluding carboxylic acids is 1. The number of sulfonamides is 1. The fourth-order valence-corrected chi connectivity index (χ4v) is 4.27. The van der Waals surface area contributed by atoms with Gasteiger partial charge in [-0.15, -0.1) is 0 Å². The van der Waals surface area contributed by atoms with E-state index in [1.165, 1.54) is 41.7 Å². The monoisotopic (exact) mass is 426 g/mol. The van der Waals surface area contributed by atoms with Gasteiger partial charge in [0.05, 0.1) is 16.6 Å². The molecule has 0 heterocycles. The molecule has 0 spiro atoms. The molecule has 0 fully saturated rings. The number of anilines is 1. The van der Waals surface area contributed by atoms with Crippen LogP contribution in [0.1, 0.15) is 34.5 Å². The minimum Gasteiger partial charge on any atom is -0.346 e. The highest BCUT2D eigenvalue weighted by Crippen LogP contribution is 2.23. The summed E-state index contributed by atoms with van der Waals surface area (Å²) in [5.74, 6) is -0.769. The third-order valence-corrected chi connectivity index (χ3v) is 6.62. The van der Waals surface area contributed by atoms with Crippen molar-refractivity contribution in [2.45, 2.75) is 24.8 Å². The Balaban J connectivity index is 1.82. The molecule has 156 valence electrons. The zero-order chi connectivity index (χ0) is 21.9. The molecule has 1 atom stereocenters. The van der Waals surface area contributed by atoms with Crippen molar-refractivity contribution in [3.8, 4) is 0 Å². The molecule has 0 aromatic heterocycles. The topological polar surface area (TPSA) is 66.5 Å². The Labute approximate surface area is 176 Å². The number of rotatable bonds is 6. The summed E-state index contributed by atoms with van der Waals surface area (Å²) in [6.45, 7) is 3.66. The van der Waals surface area contributed by atoms with Gasteiger partial charge in [0.25, 0.3) is 15.9 Å². The average Bonchev–Trinajstić information content (AvgIpc) is 2.73. The number of benzene rings is 3. The van der Waals surface area contributed by atoms with E-state index < -0.39 is 15.9 Å². The second-order valence-corrected chi connectivity index (χ2v) is 9.06. The molecule has 1 amide bonds. The highest BCUT2D eigenvalue weighted by Gasteiger charge is 2.23. The Morgan fingerprint density at radius 1 is 1.00 bits per heavy atom. The van der Waals surface area contributed by atoms with E-state index in [2.05, 4.69) is 5.32 Å². The molecule has 0 aliphatic heterocycles. The van der Waals surface area contributed by atoms with Crippen molar-refractivity contribution in [3.05, 3.63) is 95.3 Å². The van der Waals surface area contributed by atoms with Gasteiger partial charge in [0.1, 0.15) is 5.82 Å². The lowest BCUT2D eigenvalue weighted by molar-refractivity contribution is 0.0939. The summed E-state index contributed by atoms with van der Waals surface area (Å²) < 4.78 is 40.4. The summed E-state index contributed by atoms with van der Waals surface area (Å²) in [5.41, 5.74) is 2.45. The highest BCUT2D eigenvalue weighted by molar-refractivity contribution is 7.92. The van der Waals surface area contributed by atoms with Gasteiger partial charge in [0.2, 0.25) is 0 Å². The largest absolute Gasteiger partial charge is 0.346 e. The fraction of sp³-hybridized carbons (Fsp3) is 0.174. The fourth-order valence-electron chi connectivity index (χ4n) is 3.03. The molecule has 0 radical (unpaired) electrons. The van der Waals surface area contributed by atoms with Gasteiger partial charge in [-0.3, -0.25) is 9.10 Å². The summed E-state index contributed by atoms with van der Waals surface area (Å²) in [6.07, 6.45) is 0. The predicted octanol–water partition coefficient (Wildman–Crippen LogP) is 4.45. The van der Waals surface area contributed by atoms with Gasteiger partial charge in [-0.1, -0.05) is 30.3 Å². The Morgan fingerprint density at radius 2 is 1.67 bits per heavy atom. The lowest BCUT2D eigenvalue weighted by Gasteiger charge is -2.20. The zero-order valence-electron chi connectivity index (χ0n) is 17.0. The number of aryl methyl sites for hydroxylation is 1. The molecule has 0 saturated heterocycles. The maximum atomic E-state index is 13.1. The number of nitrogens with zero attached hydrogens (tertiary/aromatic N) is 1. The van der Waals surface area contributed by atoms with Crippen LogP contribution < -0.4 is 9.62 Å². The van der Waals surface area contributed by atoms with Crippen molar-refractivity contribution in [3.63, 3.8) is 0 Å². The third kappa shape index (κ3) is 4.68. The van der Waals surface area contributed by atoms with E-state index in [1.54, 1.807) is 43.3 Å². The molecule has 3 aromatic carbocycles. The second kappa shape index (κ2) is 8.67. The molecular weight excluding hydrogens is 403 g/mol. The standard InChI is InChI=1S/C23H23FN2O3S/c1-16-6-4-8-21(14-16)26(3)30(28,29)22-9-5-7-19(15-22)23(27)25-17(2)18-10-12-20(24)13-11-18/h4-15,17H,1-3H3,(H,25,27)/t17-/m0/s1. The zero-order valence-corrected chi connectivity index (χ0v) is 17.8.